The number of hydrazone groups is 1. The molecule has 2 rings (SSSR count). The fraction of sp³-hybridized carbons (Fsp3) is 0.188. The van der Waals surface area contributed by atoms with Gasteiger partial charge in [0.1, 0.15) is 5.75 Å². The van der Waals surface area contributed by atoms with Crippen LogP contribution in [-0.4, -0.2) is 12.8 Å². The van der Waals surface area contributed by atoms with Gasteiger partial charge in [0.05, 0.1) is 18.5 Å². The highest BCUT2D eigenvalue weighted by atomic mass is 35.5. The lowest BCUT2D eigenvalue weighted by atomic mass is 10.1. The molecule has 0 aliphatic rings. The van der Waals surface area contributed by atoms with Gasteiger partial charge in [-0.1, -0.05) is 29.3 Å². The van der Waals surface area contributed by atoms with E-state index in [1.54, 1.807) is 13.2 Å². The van der Waals surface area contributed by atoms with E-state index in [0.29, 0.717) is 5.02 Å². The summed E-state index contributed by atoms with van der Waals surface area (Å²) in [6, 6.07) is 13.5. The number of methoxy groups -OCH3 is 1. The summed E-state index contributed by atoms with van der Waals surface area (Å²) in [6.45, 7) is 3.96. The Morgan fingerprint density at radius 1 is 1.15 bits per heavy atom. The van der Waals surface area contributed by atoms with E-state index in [4.69, 9.17) is 16.3 Å². The molecule has 2 aromatic carbocycles. The quantitative estimate of drug-likeness (QED) is 0.664. The Hall–Kier alpha value is -2.00. The highest BCUT2D eigenvalue weighted by Crippen LogP contribution is 2.23. The molecule has 0 fully saturated rings. The number of hydrogen-bond donors (Lipinski definition) is 1. The Balaban J connectivity index is 2.22. The summed E-state index contributed by atoms with van der Waals surface area (Å²) in [5.74, 6) is 0.751. The first-order valence-electron chi connectivity index (χ1n) is 6.31. The third kappa shape index (κ3) is 3.52. The van der Waals surface area contributed by atoms with Crippen molar-refractivity contribution in [1.29, 1.82) is 0 Å². The van der Waals surface area contributed by atoms with Crippen LogP contribution in [0.4, 0.5) is 5.69 Å². The van der Waals surface area contributed by atoms with Crippen molar-refractivity contribution in [3.63, 3.8) is 0 Å². The van der Waals surface area contributed by atoms with Crippen molar-refractivity contribution in [1.82, 2.24) is 0 Å². The van der Waals surface area contributed by atoms with Crippen LogP contribution in [0.15, 0.2) is 47.6 Å². The van der Waals surface area contributed by atoms with Gasteiger partial charge in [0.15, 0.2) is 0 Å². The first-order chi connectivity index (χ1) is 9.60. The van der Waals surface area contributed by atoms with E-state index < -0.39 is 0 Å². The molecular weight excluding hydrogens is 272 g/mol. The Labute approximate surface area is 124 Å². The molecule has 0 radical (unpaired) electrons. The molecule has 0 heterocycles. The number of rotatable bonds is 4. The average Bonchev–Trinajstić information content (AvgIpc) is 2.46. The number of benzene rings is 2. The molecule has 0 aromatic heterocycles. The van der Waals surface area contributed by atoms with Crippen LogP contribution in [-0.2, 0) is 0 Å². The van der Waals surface area contributed by atoms with Crippen LogP contribution < -0.4 is 10.2 Å². The van der Waals surface area contributed by atoms with Gasteiger partial charge in [-0.15, -0.1) is 0 Å². The summed E-state index contributed by atoms with van der Waals surface area (Å²) in [4.78, 5) is 0. The van der Waals surface area contributed by atoms with Crippen LogP contribution in [0.2, 0.25) is 5.02 Å². The minimum atomic E-state index is 0.658. The van der Waals surface area contributed by atoms with Gasteiger partial charge in [-0.2, -0.15) is 5.10 Å². The lowest BCUT2D eigenvalue weighted by molar-refractivity contribution is 0.414. The molecule has 0 amide bonds. The van der Waals surface area contributed by atoms with Gasteiger partial charge in [0, 0.05) is 10.6 Å². The molecular formula is C16H17ClN2O. The number of aryl methyl sites for hydroxylation is 1. The molecule has 2 aromatic rings. The smallest absolute Gasteiger partial charge is 0.128 e. The zero-order valence-electron chi connectivity index (χ0n) is 11.8. The SMILES string of the molecule is COc1ccc(Cl)cc1/C(C)=N\Nc1ccc(C)cc1. The zero-order valence-corrected chi connectivity index (χ0v) is 12.5. The molecule has 3 nitrogen and oxygen atoms in total. The minimum absolute atomic E-state index is 0.658. The van der Waals surface area contributed by atoms with Gasteiger partial charge in [-0.3, -0.25) is 5.43 Å². The van der Waals surface area contributed by atoms with Crippen LogP contribution in [0.25, 0.3) is 0 Å². The Kier molecular flexibility index (Phi) is 4.64. The maximum Gasteiger partial charge on any atom is 0.128 e. The lowest BCUT2D eigenvalue weighted by Gasteiger charge is -2.09. The first kappa shape index (κ1) is 14.4. The van der Waals surface area contributed by atoms with Gasteiger partial charge in [-0.05, 0) is 44.2 Å². The molecule has 0 aliphatic carbocycles. The van der Waals surface area contributed by atoms with E-state index >= 15 is 0 Å². The predicted octanol–water partition coefficient (Wildman–Crippen LogP) is 4.49. The standard InChI is InChI=1S/C16H17ClN2O/c1-11-4-7-14(8-5-11)19-18-12(2)15-10-13(17)6-9-16(15)20-3/h4-10,19H,1-3H3/b18-12-. The molecule has 0 unspecified atom stereocenters. The molecule has 20 heavy (non-hydrogen) atoms. The normalized spacial score (nSPS) is 11.3. The highest BCUT2D eigenvalue weighted by molar-refractivity contribution is 6.31. The molecule has 4 heteroatoms. The first-order valence-corrected chi connectivity index (χ1v) is 6.69. The number of nitrogens with one attached hydrogen (secondary N) is 1. The van der Waals surface area contributed by atoms with Gasteiger partial charge >= 0.3 is 0 Å². The summed E-state index contributed by atoms with van der Waals surface area (Å²) in [6.07, 6.45) is 0. The number of anilines is 1. The predicted molar refractivity (Wildman–Crippen MR) is 85.0 cm³/mol. The van der Waals surface area contributed by atoms with Crippen molar-refractivity contribution in [2.24, 2.45) is 5.10 Å². The maximum atomic E-state index is 6.02. The summed E-state index contributed by atoms with van der Waals surface area (Å²) < 4.78 is 5.32. The van der Waals surface area contributed by atoms with Crippen molar-refractivity contribution in [2.75, 3.05) is 12.5 Å². The van der Waals surface area contributed by atoms with Crippen molar-refractivity contribution < 1.29 is 4.74 Å². The third-order valence-corrected chi connectivity index (χ3v) is 3.19. The molecule has 0 bridgehead atoms. The molecule has 0 spiro atoms. The number of hydrogen-bond acceptors (Lipinski definition) is 3. The van der Waals surface area contributed by atoms with E-state index in [1.807, 2.05) is 43.3 Å². The zero-order chi connectivity index (χ0) is 14.5. The maximum absolute atomic E-state index is 6.02. The van der Waals surface area contributed by atoms with Crippen LogP contribution in [0.5, 0.6) is 5.75 Å². The molecule has 0 aliphatic heterocycles. The summed E-state index contributed by atoms with van der Waals surface area (Å²) in [5, 5.41) is 5.03. The largest absolute Gasteiger partial charge is 0.496 e. The van der Waals surface area contributed by atoms with Gasteiger partial charge in [0.25, 0.3) is 0 Å². The third-order valence-electron chi connectivity index (χ3n) is 2.96. The van der Waals surface area contributed by atoms with E-state index in [2.05, 4.69) is 17.5 Å². The summed E-state index contributed by atoms with van der Waals surface area (Å²) >= 11 is 6.02. The fourth-order valence-electron chi connectivity index (χ4n) is 1.80. The lowest BCUT2D eigenvalue weighted by Crippen LogP contribution is -2.02. The second kappa shape index (κ2) is 6.44. The van der Waals surface area contributed by atoms with Crippen LogP contribution in [0.3, 0.4) is 0 Å². The van der Waals surface area contributed by atoms with Gasteiger partial charge in [-0.25, -0.2) is 0 Å². The molecule has 1 N–H and O–H groups in total. The summed E-state index contributed by atoms with van der Waals surface area (Å²) in [7, 11) is 1.63. The van der Waals surface area contributed by atoms with Crippen molar-refractivity contribution >= 4 is 23.0 Å². The van der Waals surface area contributed by atoms with E-state index in [-0.39, 0.29) is 0 Å². The molecule has 0 atom stereocenters. The minimum Gasteiger partial charge on any atom is -0.496 e. The molecule has 104 valence electrons. The number of ether oxygens (including phenoxy) is 1. The highest BCUT2D eigenvalue weighted by Gasteiger charge is 2.07. The second-order valence-electron chi connectivity index (χ2n) is 4.52. The molecule has 0 saturated heterocycles. The topological polar surface area (TPSA) is 33.6 Å². The van der Waals surface area contributed by atoms with Crippen molar-refractivity contribution in [3.05, 3.63) is 58.6 Å². The molecule has 0 saturated carbocycles. The summed E-state index contributed by atoms with van der Waals surface area (Å²) in [5.41, 5.74) is 6.87. The van der Waals surface area contributed by atoms with Crippen LogP contribution >= 0.6 is 11.6 Å². The van der Waals surface area contributed by atoms with Gasteiger partial charge < -0.3 is 4.74 Å². The fourth-order valence-corrected chi connectivity index (χ4v) is 1.97. The Morgan fingerprint density at radius 2 is 1.85 bits per heavy atom. The van der Waals surface area contributed by atoms with Crippen LogP contribution in [0, 0.1) is 6.92 Å². The van der Waals surface area contributed by atoms with Crippen LogP contribution in [0.1, 0.15) is 18.1 Å². The van der Waals surface area contributed by atoms with Gasteiger partial charge in [0.2, 0.25) is 0 Å². The number of halogens is 1. The average molecular weight is 289 g/mol. The van der Waals surface area contributed by atoms with Crippen molar-refractivity contribution in [2.45, 2.75) is 13.8 Å². The van der Waals surface area contributed by atoms with E-state index in [9.17, 15) is 0 Å². The Bertz CT molecular complexity index is 621. The Morgan fingerprint density at radius 3 is 2.50 bits per heavy atom. The van der Waals surface area contributed by atoms with Crippen molar-refractivity contribution in [3.8, 4) is 5.75 Å². The monoisotopic (exact) mass is 288 g/mol. The second-order valence-corrected chi connectivity index (χ2v) is 4.96. The van der Waals surface area contributed by atoms with E-state index in [0.717, 1.165) is 22.7 Å². The van der Waals surface area contributed by atoms with E-state index in [1.165, 1.54) is 5.56 Å². The number of nitrogens with zero attached hydrogens (tertiary/aromatic N) is 1.